The lowest BCUT2D eigenvalue weighted by atomic mass is 9.90. The summed E-state index contributed by atoms with van der Waals surface area (Å²) in [7, 11) is 3.13. The summed E-state index contributed by atoms with van der Waals surface area (Å²) in [6.07, 6.45) is 3.65. The molecule has 3 heterocycles. The smallest absolute Gasteiger partial charge is 0.255 e. The van der Waals surface area contributed by atoms with Gasteiger partial charge in [-0.15, -0.1) is 0 Å². The molecule has 0 bridgehead atoms. The molecule has 0 fully saturated rings. The number of hydrogen-bond donors (Lipinski definition) is 2. The maximum absolute atomic E-state index is 12.8. The fraction of sp³-hybridized carbons (Fsp3) is 0.250. The first-order valence-corrected chi connectivity index (χ1v) is 8.98. The molecule has 1 amide bonds. The van der Waals surface area contributed by atoms with Crippen molar-refractivity contribution in [2.75, 3.05) is 20.0 Å². The first kappa shape index (κ1) is 18.6. The predicted octanol–water partition coefficient (Wildman–Crippen LogP) is 1.87. The molecule has 0 aliphatic carbocycles. The lowest BCUT2D eigenvalue weighted by Gasteiger charge is -2.28. The molecule has 1 aliphatic heterocycles. The number of rotatable bonds is 4. The Hall–Kier alpha value is -3.75. The Kier molecular flexibility index (Phi) is 4.71. The zero-order valence-electron chi connectivity index (χ0n) is 16.3. The van der Waals surface area contributed by atoms with Gasteiger partial charge in [0, 0.05) is 12.0 Å². The second-order valence-electron chi connectivity index (χ2n) is 6.62. The molecule has 0 saturated carbocycles. The first-order valence-electron chi connectivity index (χ1n) is 8.98. The fourth-order valence-corrected chi connectivity index (χ4v) is 3.53. The van der Waals surface area contributed by atoms with E-state index in [1.165, 1.54) is 13.3 Å². The second kappa shape index (κ2) is 7.34. The Balaban J connectivity index is 1.82. The Morgan fingerprint density at radius 1 is 1.14 bits per heavy atom. The minimum absolute atomic E-state index is 0.152. The lowest BCUT2D eigenvalue weighted by Crippen LogP contribution is -2.37. The van der Waals surface area contributed by atoms with Gasteiger partial charge < -0.3 is 20.5 Å². The predicted molar refractivity (Wildman–Crippen MR) is 106 cm³/mol. The summed E-state index contributed by atoms with van der Waals surface area (Å²) in [5.41, 5.74) is 9.73. The van der Waals surface area contributed by atoms with Crippen molar-refractivity contribution < 1.29 is 14.3 Å². The average Bonchev–Trinajstić information content (AvgIpc) is 2.72. The number of nitrogens with one attached hydrogen (secondary N) is 1. The van der Waals surface area contributed by atoms with Crippen molar-refractivity contribution in [2.45, 2.75) is 19.4 Å². The van der Waals surface area contributed by atoms with E-state index in [4.69, 9.17) is 15.2 Å². The number of benzene rings is 1. The monoisotopic (exact) mass is 392 g/mol. The van der Waals surface area contributed by atoms with Crippen LogP contribution in [0.1, 0.15) is 33.4 Å². The Morgan fingerprint density at radius 2 is 1.97 bits per heavy atom. The Bertz CT molecular complexity index is 1100. The van der Waals surface area contributed by atoms with Gasteiger partial charge in [-0.05, 0) is 30.7 Å². The molecule has 29 heavy (non-hydrogen) atoms. The third kappa shape index (κ3) is 3.42. The minimum Gasteiger partial charge on any atom is -0.497 e. The van der Waals surface area contributed by atoms with Crippen molar-refractivity contribution in [1.29, 1.82) is 0 Å². The summed E-state index contributed by atoms with van der Waals surface area (Å²) in [4.78, 5) is 29.9. The van der Waals surface area contributed by atoms with Crippen LogP contribution < -0.4 is 20.5 Å². The molecule has 0 radical (unpaired) electrons. The summed E-state index contributed by atoms with van der Waals surface area (Å²) >= 11 is 0. The van der Waals surface area contributed by atoms with E-state index < -0.39 is 0 Å². The van der Waals surface area contributed by atoms with Crippen LogP contribution in [0.3, 0.4) is 0 Å². The molecule has 2 aromatic heterocycles. The van der Waals surface area contributed by atoms with Crippen molar-refractivity contribution in [3.8, 4) is 22.9 Å². The number of nitrogen functional groups attached to an aromatic ring is 1. The highest BCUT2D eigenvalue weighted by Gasteiger charge is 2.31. The fourth-order valence-electron chi connectivity index (χ4n) is 3.53. The van der Waals surface area contributed by atoms with E-state index in [0.29, 0.717) is 40.7 Å². The van der Waals surface area contributed by atoms with Crippen LogP contribution in [0.4, 0.5) is 5.95 Å². The minimum atomic E-state index is -0.346. The van der Waals surface area contributed by atoms with Gasteiger partial charge in [-0.25, -0.2) is 15.0 Å². The highest BCUT2D eigenvalue weighted by molar-refractivity contribution is 5.98. The number of carbonyl (C=O) groups is 1. The standard InChI is InChI=1S/C20H20N6O3/c1-10-18-15(26-20(21)23-10)7-14(25-19(18)27)13-6-11(28-2)4-5-12(13)16-8-22-9-17(24-16)29-3/h4-6,8-9,14H,7H2,1-3H3,(H,25,27)(H2,21,23,26). The molecular weight excluding hydrogens is 372 g/mol. The number of amides is 1. The quantitative estimate of drug-likeness (QED) is 0.689. The maximum Gasteiger partial charge on any atom is 0.255 e. The molecule has 0 spiro atoms. The van der Waals surface area contributed by atoms with E-state index in [-0.39, 0.29) is 17.9 Å². The highest BCUT2D eigenvalue weighted by atomic mass is 16.5. The van der Waals surface area contributed by atoms with Crippen LogP contribution in [0.15, 0.2) is 30.6 Å². The van der Waals surface area contributed by atoms with Crippen LogP contribution >= 0.6 is 0 Å². The normalized spacial score (nSPS) is 15.4. The summed E-state index contributed by atoms with van der Waals surface area (Å²) in [6.45, 7) is 1.75. The molecule has 9 nitrogen and oxygen atoms in total. The van der Waals surface area contributed by atoms with Crippen LogP contribution in [0.25, 0.3) is 11.3 Å². The van der Waals surface area contributed by atoms with Gasteiger partial charge in [-0.2, -0.15) is 0 Å². The van der Waals surface area contributed by atoms with E-state index in [2.05, 4.69) is 25.3 Å². The largest absolute Gasteiger partial charge is 0.497 e. The van der Waals surface area contributed by atoms with Gasteiger partial charge in [-0.1, -0.05) is 0 Å². The molecule has 148 valence electrons. The van der Waals surface area contributed by atoms with Gasteiger partial charge in [-0.3, -0.25) is 9.78 Å². The zero-order valence-corrected chi connectivity index (χ0v) is 16.3. The van der Waals surface area contributed by atoms with Crippen LogP contribution in [-0.2, 0) is 6.42 Å². The van der Waals surface area contributed by atoms with Crippen molar-refractivity contribution in [3.05, 3.63) is 53.1 Å². The van der Waals surface area contributed by atoms with E-state index in [1.807, 2.05) is 18.2 Å². The van der Waals surface area contributed by atoms with Crippen LogP contribution in [0.5, 0.6) is 11.6 Å². The third-order valence-electron chi connectivity index (χ3n) is 4.84. The number of hydrogen-bond acceptors (Lipinski definition) is 8. The third-order valence-corrected chi connectivity index (χ3v) is 4.84. The zero-order chi connectivity index (χ0) is 20.5. The maximum atomic E-state index is 12.8. The molecule has 1 aromatic carbocycles. The number of carbonyl (C=O) groups excluding carboxylic acids is 1. The number of nitrogens with two attached hydrogens (primary N) is 1. The van der Waals surface area contributed by atoms with Crippen LogP contribution in [0, 0.1) is 6.92 Å². The van der Waals surface area contributed by atoms with Crippen molar-refractivity contribution in [1.82, 2.24) is 25.3 Å². The van der Waals surface area contributed by atoms with Gasteiger partial charge in [0.2, 0.25) is 11.8 Å². The molecular formula is C20H20N6O3. The number of fused-ring (bicyclic) bond motifs is 1. The van der Waals surface area contributed by atoms with E-state index in [1.54, 1.807) is 20.2 Å². The number of ether oxygens (including phenoxy) is 2. The van der Waals surface area contributed by atoms with E-state index >= 15 is 0 Å². The van der Waals surface area contributed by atoms with E-state index in [9.17, 15) is 4.79 Å². The molecule has 4 rings (SSSR count). The second-order valence-corrected chi connectivity index (χ2v) is 6.62. The number of methoxy groups -OCH3 is 2. The summed E-state index contributed by atoms with van der Waals surface area (Å²) < 4.78 is 10.6. The molecule has 3 N–H and O–H groups in total. The molecule has 3 aromatic rings. The van der Waals surface area contributed by atoms with Gasteiger partial charge in [0.25, 0.3) is 5.91 Å². The average molecular weight is 392 g/mol. The molecule has 1 aliphatic rings. The lowest BCUT2D eigenvalue weighted by molar-refractivity contribution is 0.0922. The molecule has 0 saturated heterocycles. The van der Waals surface area contributed by atoms with Crippen LogP contribution in [0.2, 0.25) is 0 Å². The first-order chi connectivity index (χ1) is 14.0. The van der Waals surface area contributed by atoms with Crippen molar-refractivity contribution in [2.24, 2.45) is 0 Å². The van der Waals surface area contributed by atoms with E-state index in [0.717, 1.165) is 11.1 Å². The van der Waals surface area contributed by atoms with Gasteiger partial charge >= 0.3 is 0 Å². The summed E-state index contributed by atoms with van der Waals surface area (Å²) in [6, 6.07) is 5.26. The van der Waals surface area contributed by atoms with Crippen molar-refractivity contribution in [3.63, 3.8) is 0 Å². The molecule has 1 unspecified atom stereocenters. The number of nitrogens with zero attached hydrogens (tertiary/aromatic N) is 4. The summed E-state index contributed by atoms with van der Waals surface area (Å²) in [5, 5.41) is 3.04. The SMILES string of the molecule is COc1ccc(-c2cncc(OC)n2)c(C2Cc3nc(N)nc(C)c3C(=O)N2)c1. The summed E-state index contributed by atoms with van der Waals surface area (Å²) in [5.74, 6) is 0.981. The molecule has 1 atom stereocenters. The molecule has 9 heteroatoms. The number of aromatic nitrogens is 4. The topological polar surface area (TPSA) is 125 Å². The Morgan fingerprint density at radius 3 is 2.72 bits per heavy atom. The van der Waals surface area contributed by atoms with Gasteiger partial charge in [0.15, 0.2) is 0 Å². The highest BCUT2D eigenvalue weighted by Crippen LogP contribution is 2.35. The Labute approximate surface area is 167 Å². The van der Waals surface area contributed by atoms with Gasteiger partial charge in [0.1, 0.15) is 5.75 Å². The van der Waals surface area contributed by atoms with Gasteiger partial charge in [0.05, 0.1) is 55.3 Å². The number of anilines is 1. The number of aryl methyl sites for hydroxylation is 1. The van der Waals surface area contributed by atoms with Crippen molar-refractivity contribution >= 4 is 11.9 Å². The van der Waals surface area contributed by atoms with Crippen LogP contribution in [-0.4, -0.2) is 40.1 Å².